The predicted octanol–water partition coefficient (Wildman–Crippen LogP) is 4.66. The number of likely N-dealkylation sites (tertiary alicyclic amines) is 1. The van der Waals surface area contributed by atoms with Crippen molar-refractivity contribution in [3.63, 3.8) is 0 Å². The first-order valence-corrected chi connectivity index (χ1v) is 23.9. The zero-order valence-electron chi connectivity index (χ0n) is 40.0. The number of amides is 5. The molecule has 7 N–H and O–H groups in total. The lowest BCUT2D eigenvalue weighted by Gasteiger charge is -2.35. The average Bonchev–Trinajstić information content (AvgIpc) is 4.01. The van der Waals surface area contributed by atoms with E-state index in [-0.39, 0.29) is 106 Å². The minimum Gasteiger partial charge on any atom is -0.495 e. The van der Waals surface area contributed by atoms with Crippen LogP contribution in [0.25, 0.3) is 28.2 Å². The number of halogens is 3. The van der Waals surface area contributed by atoms with Crippen LogP contribution in [0.2, 0.25) is 0 Å². The van der Waals surface area contributed by atoms with Gasteiger partial charge in [-0.2, -0.15) is 18.3 Å². The molecule has 3 aliphatic heterocycles. The van der Waals surface area contributed by atoms with Gasteiger partial charge in [0.15, 0.2) is 0 Å². The molecule has 2 fully saturated rings. The van der Waals surface area contributed by atoms with Crippen molar-refractivity contribution in [2.24, 2.45) is 0 Å². The minimum atomic E-state index is -4.62. The number of fused-ring (bicyclic) bond motifs is 3. The van der Waals surface area contributed by atoms with E-state index in [1.165, 1.54) is 24.1 Å². The molecule has 0 radical (unpaired) electrons. The highest BCUT2D eigenvalue weighted by Gasteiger charge is 2.42. The Kier molecular flexibility index (Phi) is 16.5. The Hall–Kier alpha value is -7.63. The van der Waals surface area contributed by atoms with Crippen LogP contribution in [0.15, 0.2) is 73.1 Å². The molecule has 3 aromatic heterocycles. The third-order valence-corrected chi connectivity index (χ3v) is 12.7. The highest BCUT2D eigenvalue weighted by molar-refractivity contribution is 6.06. The van der Waals surface area contributed by atoms with Gasteiger partial charge in [0.1, 0.15) is 29.1 Å². The average molecular weight is 1010 g/mol. The van der Waals surface area contributed by atoms with E-state index >= 15 is 0 Å². The smallest absolute Gasteiger partial charge is 0.416 e. The summed E-state index contributed by atoms with van der Waals surface area (Å²) < 4.78 is 58.5. The van der Waals surface area contributed by atoms with Gasteiger partial charge >= 0.3 is 6.18 Å². The standard InChI is InChI=1S/C50H56F3N11O9/c1-71-38-13-12-32(25-36(38)62-20-15-40(65)60-49(62)70)46(67)57-19-22-73-24-23-72-21-16-41(66)63-29-35-27-37(63)48(69)56-17-6-4-2-3-5-7-33-28-58-45(54)42-43(61-64(35)44(33)42)30-8-10-31(11-9-30)47(68)59-39-26-34(14-18-55-39)50(51,52)53/h5,7-14,18,25-26,28,35,37,49,70H,2-4,6,15-17,19-24,27,29H2,1H3,(H2,54,58)(H,56,69)(H,57,67)(H,60,65)(H,55,59,68)/b7-5+/t35-,37+,49?/m0/s1. The second-order valence-electron chi connectivity index (χ2n) is 17.6. The van der Waals surface area contributed by atoms with Gasteiger partial charge < -0.3 is 56.1 Å². The van der Waals surface area contributed by atoms with Crippen LogP contribution in [-0.4, -0.2) is 131 Å². The van der Waals surface area contributed by atoms with E-state index in [0.717, 1.165) is 49.6 Å². The largest absolute Gasteiger partial charge is 0.495 e. The molecule has 2 saturated heterocycles. The molecule has 2 bridgehead atoms. The van der Waals surface area contributed by atoms with Crippen LogP contribution < -0.4 is 36.6 Å². The highest BCUT2D eigenvalue weighted by Crippen LogP contribution is 2.39. The number of nitrogen functional groups attached to an aromatic ring is 1. The van der Waals surface area contributed by atoms with Crippen molar-refractivity contribution in [1.29, 1.82) is 0 Å². The number of alkyl halides is 3. The number of carbonyl (C=O) groups excluding carboxylic acids is 5. The monoisotopic (exact) mass is 1010 g/mol. The molecular weight excluding hydrogens is 956 g/mol. The van der Waals surface area contributed by atoms with Crippen LogP contribution >= 0.6 is 0 Å². The fraction of sp³-hybridized carbons (Fsp3) is 0.400. The summed E-state index contributed by atoms with van der Waals surface area (Å²) in [6.07, 6.45) is 4.46. The van der Waals surface area contributed by atoms with E-state index in [1.54, 1.807) is 46.1 Å². The first kappa shape index (κ1) is 51.7. The summed E-state index contributed by atoms with van der Waals surface area (Å²) in [5.41, 5.74) is 8.93. The van der Waals surface area contributed by atoms with Gasteiger partial charge in [-0.1, -0.05) is 30.7 Å². The number of anilines is 3. The van der Waals surface area contributed by atoms with Crippen LogP contribution in [0, 0.1) is 0 Å². The van der Waals surface area contributed by atoms with Crippen LogP contribution in [-0.2, 0) is 30.0 Å². The predicted molar refractivity (Wildman–Crippen MR) is 262 cm³/mol. The normalized spacial score (nSPS) is 18.8. The van der Waals surface area contributed by atoms with E-state index in [2.05, 4.69) is 37.3 Å². The Labute approximate surface area is 417 Å². The van der Waals surface area contributed by atoms with Gasteiger partial charge in [-0.15, -0.1) is 0 Å². The topological polar surface area (TPSA) is 257 Å². The third-order valence-electron chi connectivity index (χ3n) is 12.7. The number of hydrogen-bond donors (Lipinski definition) is 6. The molecule has 8 rings (SSSR count). The van der Waals surface area contributed by atoms with Crippen LogP contribution in [0.3, 0.4) is 0 Å². The van der Waals surface area contributed by atoms with Gasteiger partial charge in [-0.25, -0.2) is 9.97 Å². The van der Waals surface area contributed by atoms with Gasteiger partial charge in [0, 0.05) is 73.7 Å². The number of aliphatic hydroxyl groups excluding tert-OH is 1. The molecule has 3 aliphatic rings. The zero-order valence-corrected chi connectivity index (χ0v) is 40.0. The number of aromatic nitrogens is 4. The van der Waals surface area contributed by atoms with Crippen LogP contribution in [0.4, 0.5) is 30.5 Å². The zero-order chi connectivity index (χ0) is 51.6. The molecule has 0 spiro atoms. The first-order chi connectivity index (χ1) is 35.2. The molecule has 1 unspecified atom stereocenters. The number of methoxy groups -OCH3 is 1. The summed E-state index contributed by atoms with van der Waals surface area (Å²) in [7, 11) is 1.47. The van der Waals surface area contributed by atoms with Crippen molar-refractivity contribution < 1.29 is 56.5 Å². The molecule has 0 saturated carbocycles. The number of nitrogens with two attached hydrogens (primary N) is 1. The van der Waals surface area contributed by atoms with Gasteiger partial charge in [0.05, 0.1) is 68.2 Å². The lowest BCUT2D eigenvalue weighted by Crippen LogP contribution is -2.54. The quantitative estimate of drug-likeness (QED) is 0.0781. The second kappa shape index (κ2) is 23.3. The molecule has 0 aliphatic carbocycles. The molecule has 23 heteroatoms. The van der Waals surface area contributed by atoms with Gasteiger partial charge in [0.25, 0.3) is 11.8 Å². The molecule has 2 aromatic carbocycles. The minimum absolute atomic E-state index is 0.0169. The Bertz CT molecular complexity index is 2860. The SMILES string of the molecule is COc1ccc(C(=O)NCCOCCOCCC(=O)N2C[C@@H]3C[C@@H]2C(=O)NCCCCC/C=C/c2cnc(N)c4c(-c5ccc(C(=O)Nc6cc(C(F)(F)F)ccn6)cc5)nn3c24)cc1N1CCC(=O)NC1O. The summed E-state index contributed by atoms with van der Waals surface area (Å²) >= 11 is 0. The Morgan fingerprint density at radius 1 is 0.945 bits per heavy atom. The van der Waals surface area contributed by atoms with Crippen molar-refractivity contribution in [2.75, 3.05) is 75.7 Å². The summed E-state index contributed by atoms with van der Waals surface area (Å²) in [4.78, 5) is 77.1. The van der Waals surface area contributed by atoms with Gasteiger partial charge in [-0.3, -0.25) is 28.7 Å². The van der Waals surface area contributed by atoms with E-state index in [4.69, 9.17) is 25.0 Å². The summed E-state index contributed by atoms with van der Waals surface area (Å²) in [5.74, 6) is -1.56. The number of carbonyl (C=O) groups is 5. The Morgan fingerprint density at radius 3 is 2.49 bits per heavy atom. The number of allylic oxidation sites excluding steroid dienone is 1. The number of benzene rings is 2. The number of rotatable bonds is 15. The van der Waals surface area contributed by atoms with E-state index in [0.29, 0.717) is 45.7 Å². The summed E-state index contributed by atoms with van der Waals surface area (Å²) in [6, 6.07) is 11.4. The highest BCUT2D eigenvalue weighted by atomic mass is 19.4. The Morgan fingerprint density at radius 2 is 1.73 bits per heavy atom. The molecule has 20 nitrogen and oxygen atoms in total. The lowest BCUT2D eigenvalue weighted by atomic mass is 10.0. The third kappa shape index (κ3) is 12.4. The van der Waals surface area contributed by atoms with Crippen LogP contribution in [0.1, 0.15) is 82.8 Å². The number of nitrogens with one attached hydrogen (secondary N) is 4. The molecular formula is C50H56F3N11O9. The summed E-state index contributed by atoms with van der Waals surface area (Å²) in [5, 5.41) is 26.7. The van der Waals surface area contributed by atoms with E-state index in [1.807, 2.05) is 6.08 Å². The molecule has 5 amide bonds. The maximum atomic E-state index is 14.0. The van der Waals surface area contributed by atoms with Crippen LogP contribution in [0.5, 0.6) is 5.75 Å². The Balaban J connectivity index is 0.897. The number of ether oxygens (including phenoxy) is 3. The molecule has 5 aromatic rings. The van der Waals surface area contributed by atoms with Gasteiger partial charge in [0.2, 0.25) is 24.1 Å². The number of aliphatic hydroxyl groups is 1. The number of hydrogen-bond acceptors (Lipinski definition) is 14. The molecule has 73 heavy (non-hydrogen) atoms. The van der Waals surface area contributed by atoms with Crippen molar-refractivity contribution in [3.8, 4) is 17.0 Å². The molecule has 386 valence electrons. The fourth-order valence-corrected chi connectivity index (χ4v) is 8.98. The molecule has 6 heterocycles. The number of nitrogens with zero attached hydrogens (tertiary/aromatic N) is 6. The van der Waals surface area contributed by atoms with E-state index in [9.17, 15) is 42.3 Å². The van der Waals surface area contributed by atoms with Crippen molar-refractivity contribution >= 4 is 63.8 Å². The second-order valence-corrected chi connectivity index (χ2v) is 17.6. The maximum absolute atomic E-state index is 14.0. The van der Waals surface area contributed by atoms with Crippen molar-refractivity contribution in [3.05, 3.63) is 95.3 Å². The maximum Gasteiger partial charge on any atom is 0.416 e. The van der Waals surface area contributed by atoms with E-state index < -0.39 is 36.1 Å². The van der Waals surface area contributed by atoms with Crippen molar-refractivity contribution in [2.45, 2.75) is 69.6 Å². The molecule has 3 atom stereocenters. The first-order valence-electron chi connectivity index (χ1n) is 23.9. The van der Waals surface area contributed by atoms with Gasteiger partial charge in [-0.05, 0) is 61.7 Å². The fourth-order valence-electron chi connectivity index (χ4n) is 8.98. The van der Waals surface area contributed by atoms with Crippen molar-refractivity contribution in [1.82, 2.24) is 40.6 Å². The summed E-state index contributed by atoms with van der Waals surface area (Å²) in [6.45, 7) is 1.60. The lowest BCUT2D eigenvalue weighted by molar-refractivity contribution is -0.139. The number of pyridine rings is 2.